The van der Waals surface area contributed by atoms with Crippen molar-refractivity contribution in [3.63, 3.8) is 0 Å². The van der Waals surface area contributed by atoms with Crippen molar-refractivity contribution in [3.05, 3.63) is 23.8 Å². The lowest BCUT2D eigenvalue weighted by atomic mass is 10.1. The van der Waals surface area contributed by atoms with Crippen molar-refractivity contribution in [2.75, 3.05) is 11.6 Å². The van der Waals surface area contributed by atoms with E-state index in [4.69, 9.17) is 0 Å². The van der Waals surface area contributed by atoms with E-state index in [1.54, 1.807) is 0 Å². The van der Waals surface area contributed by atoms with Crippen LogP contribution in [0.25, 0.3) is 0 Å². The Balaban J connectivity index is 2.39. The summed E-state index contributed by atoms with van der Waals surface area (Å²) in [5.74, 6) is -0.864. The third kappa shape index (κ3) is 2.16. The first-order valence-electron chi connectivity index (χ1n) is 5.24. The molecule has 1 aromatic carbocycles. The summed E-state index contributed by atoms with van der Waals surface area (Å²) in [6, 6.07) is 5.58. The van der Waals surface area contributed by atoms with Gasteiger partial charge in [0.2, 0.25) is 0 Å². The van der Waals surface area contributed by atoms with E-state index in [1.165, 1.54) is 11.8 Å². The summed E-state index contributed by atoms with van der Waals surface area (Å²) in [4.78, 5) is 12.1. The minimum Gasteiger partial charge on any atom is -0.478 e. The van der Waals surface area contributed by atoms with Gasteiger partial charge in [-0.1, -0.05) is 6.07 Å². The van der Waals surface area contributed by atoms with Crippen LogP contribution in [0.3, 0.4) is 0 Å². The van der Waals surface area contributed by atoms with Gasteiger partial charge in [0.25, 0.3) is 0 Å². The average Bonchev–Trinajstić information content (AvgIpc) is 2.95. The van der Waals surface area contributed by atoms with Gasteiger partial charge in [-0.2, -0.15) is 0 Å². The van der Waals surface area contributed by atoms with Crippen LogP contribution in [-0.2, 0) is 0 Å². The number of carboxylic acids is 1. The van der Waals surface area contributed by atoms with E-state index < -0.39 is 5.97 Å². The zero-order valence-corrected chi connectivity index (χ0v) is 10.2. The van der Waals surface area contributed by atoms with Gasteiger partial charge in [-0.15, -0.1) is 11.8 Å². The number of rotatable bonds is 4. The highest BCUT2D eigenvalue weighted by Gasteiger charge is 2.38. The Hall–Kier alpha value is -1.16. The van der Waals surface area contributed by atoms with E-state index in [2.05, 4.69) is 12.2 Å². The van der Waals surface area contributed by atoms with E-state index >= 15 is 0 Å². The predicted octanol–water partition coefficient (Wildman–Crippen LogP) is 3.07. The maximum Gasteiger partial charge on any atom is 0.338 e. The van der Waals surface area contributed by atoms with Crippen molar-refractivity contribution in [3.8, 4) is 0 Å². The zero-order valence-electron chi connectivity index (χ0n) is 9.41. The molecule has 1 aliphatic rings. The van der Waals surface area contributed by atoms with Crippen molar-refractivity contribution < 1.29 is 9.90 Å². The lowest BCUT2D eigenvalue weighted by Gasteiger charge is -2.16. The van der Waals surface area contributed by atoms with Gasteiger partial charge in [0.05, 0.1) is 11.3 Å². The number of carboxylic acid groups (broad SMARTS) is 1. The molecule has 0 heterocycles. The Morgan fingerprint density at radius 3 is 2.69 bits per heavy atom. The summed E-state index contributed by atoms with van der Waals surface area (Å²) < 4.78 is 0. The van der Waals surface area contributed by atoms with Crippen LogP contribution < -0.4 is 5.32 Å². The van der Waals surface area contributed by atoms with Crippen molar-refractivity contribution in [1.82, 2.24) is 0 Å². The second kappa shape index (κ2) is 4.01. The minimum atomic E-state index is -0.864. The SMILES string of the molecule is CSc1cccc(NC2(C)CC2)c1C(=O)O. The van der Waals surface area contributed by atoms with Crippen LogP contribution in [-0.4, -0.2) is 22.9 Å². The zero-order chi connectivity index (χ0) is 11.8. The molecule has 3 nitrogen and oxygen atoms in total. The number of nitrogens with one attached hydrogen (secondary N) is 1. The Morgan fingerprint density at radius 2 is 2.19 bits per heavy atom. The Labute approximate surface area is 99.2 Å². The first-order valence-corrected chi connectivity index (χ1v) is 6.47. The first kappa shape index (κ1) is 11.3. The van der Waals surface area contributed by atoms with Crippen LogP contribution in [0, 0.1) is 0 Å². The van der Waals surface area contributed by atoms with Gasteiger partial charge < -0.3 is 10.4 Å². The highest BCUT2D eigenvalue weighted by Crippen LogP contribution is 2.40. The number of anilines is 1. The number of benzene rings is 1. The molecule has 2 rings (SSSR count). The molecule has 0 atom stereocenters. The van der Waals surface area contributed by atoms with Gasteiger partial charge in [0, 0.05) is 10.4 Å². The van der Waals surface area contributed by atoms with Crippen LogP contribution in [0.5, 0.6) is 0 Å². The number of carbonyl (C=O) groups is 1. The lowest BCUT2D eigenvalue weighted by Crippen LogP contribution is -2.18. The maximum atomic E-state index is 11.3. The summed E-state index contributed by atoms with van der Waals surface area (Å²) >= 11 is 1.46. The molecular weight excluding hydrogens is 222 g/mol. The fourth-order valence-corrected chi connectivity index (χ4v) is 2.28. The molecule has 0 amide bonds. The number of thioether (sulfide) groups is 1. The highest BCUT2D eigenvalue weighted by atomic mass is 32.2. The first-order chi connectivity index (χ1) is 7.56. The third-order valence-corrected chi connectivity index (χ3v) is 3.68. The summed E-state index contributed by atoms with van der Waals surface area (Å²) in [5, 5.41) is 12.6. The van der Waals surface area contributed by atoms with Gasteiger partial charge in [0.1, 0.15) is 0 Å². The number of hydrogen-bond donors (Lipinski definition) is 2. The summed E-state index contributed by atoms with van der Waals surface area (Å²) in [6.07, 6.45) is 4.11. The van der Waals surface area contributed by atoms with Crippen molar-refractivity contribution in [2.45, 2.75) is 30.2 Å². The molecule has 2 N–H and O–H groups in total. The molecule has 0 spiro atoms. The van der Waals surface area contributed by atoms with Crippen molar-refractivity contribution >= 4 is 23.4 Å². The van der Waals surface area contributed by atoms with Gasteiger partial charge in [-0.05, 0) is 38.2 Å². The molecule has 0 saturated heterocycles. The standard InChI is InChI=1S/C12H15NO2S/c1-12(6-7-12)13-8-4-3-5-9(16-2)10(8)11(14)15/h3-5,13H,6-7H2,1-2H3,(H,14,15). The summed E-state index contributed by atoms with van der Waals surface area (Å²) in [5.41, 5.74) is 1.23. The molecule has 4 heteroatoms. The summed E-state index contributed by atoms with van der Waals surface area (Å²) in [7, 11) is 0. The topological polar surface area (TPSA) is 49.3 Å². The van der Waals surface area contributed by atoms with Crippen LogP contribution in [0.1, 0.15) is 30.1 Å². The van der Waals surface area contributed by atoms with Crippen molar-refractivity contribution in [2.24, 2.45) is 0 Å². The Bertz CT molecular complexity index is 427. The maximum absolute atomic E-state index is 11.3. The van der Waals surface area contributed by atoms with Crippen LogP contribution in [0.15, 0.2) is 23.1 Å². The monoisotopic (exact) mass is 237 g/mol. The van der Waals surface area contributed by atoms with Gasteiger partial charge >= 0.3 is 5.97 Å². The smallest absolute Gasteiger partial charge is 0.338 e. The molecule has 1 aliphatic carbocycles. The molecule has 1 saturated carbocycles. The number of hydrogen-bond acceptors (Lipinski definition) is 3. The molecule has 86 valence electrons. The largest absolute Gasteiger partial charge is 0.478 e. The lowest BCUT2D eigenvalue weighted by molar-refractivity contribution is 0.0694. The van der Waals surface area contributed by atoms with Crippen molar-refractivity contribution in [1.29, 1.82) is 0 Å². The molecule has 0 radical (unpaired) electrons. The van der Waals surface area contributed by atoms with E-state index in [1.807, 2.05) is 24.5 Å². The molecule has 0 aromatic heterocycles. The fraction of sp³-hybridized carbons (Fsp3) is 0.417. The fourth-order valence-electron chi connectivity index (χ4n) is 1.66. The van der Waals surface area contributed by atoms with Crippen LogP contribution in [0.4, 0.5) is 5.69 Å². The van der Waals surface area contributed by atoms with E-state index in [9.17, 15) is 9.90 Å². The van der Waals surface area contributed by atoms with E-state index in [0.29, 0.717) is 5.56 Å². The molecular formula is C12H15NO2S. The highest BCUT2D eigenvalue weighted by molar-refractivity contribution is 7.98. The second-order valence-electron chi connectivity index (χ2n) is 4.37. The molecule has 16 heavy (non-hydrogen) atoms. The van der Waals surface area contributed by atoms with E-state index in [0.717, 1.165) is 23.4 Å². The predicted molar refractivity (Wildman–Crippen MR) is 66.4 cm³/mol. The average molecular weight is 237 g/mol. The Kier molecular flexibility index (Phi) is 2.84. The van der Waals surface area contributed by atoms with Gasteiger partial charge in [-0.25, -0.2) is 4.79 Å². The van der Waals surface area contributed by atoms with Crippen LogP contribution >= 0.6 is 11.8 Å². The number of aromatic carboxylic acids is 1. The van der Waals surface area contributed by atoms with E-state index in [-0.39, 0.29) is 5.54 Å². The van der Waals surface area contributed by atoms with Gasteiger partial charge in [0.15, 0.2) is 0 Å². The molecule has 0 aliphatic heterocycles. The quantitative estimate of drug-likeness (QED) is 0.790. The Morgan fingerprint density at radius 1 is 1.50 bits per heavy atom. The minimum absolute atomic E-state index is 0.0984. The second-order valence-corrected chi connectivity index (χ2v) is 5.22. The summed E-state index contributed by atoms with van der Waals surface area (Å²) in [6.45, 7) is 2.12. The molecule has 0 unspecified atom stereocenters. The molecule has 1 fully saturated rings. The normalized spacial score (nSPS) is 16.9. The van der Waals surface area contributed by atoms with Gasteiger partial charge in [-0.3, -0.25) is 0 Å². The molecule has 0 bridgehead atoms. The van der Waals surface area contributed by atoms with Crippen LogP contribution in [0.2, 0.25) is 0 Å². The molecule has 1 aromatic rings. The third-order valence-electron chi connectivity index (χ3n) is 2.90.